The van der Waals surface area contributed by atoms with Gasteiger partial charge in [0.25, 0.3) is 0 Å². The molecule has 1 aromatic carbocycles. The summed E-state index contributed by atoms with van der Waals surface area (Å²) in [7, 11) is 0. The first-order chi connectivity index (χ1) is 11.6. The molecule has 0 bridgehead atoms. The minimum absolute atomic E-state index is 0.0273. The Labute approximate surface area is 141 Å². The highest BCUT2D eigenvalue weighted by Crippen LogP contribution is 2.08. The number of carbonyl (C=O) groups excluding carboxylic acids is 2. The largest absolute Gasteiger partial charge is 0.465 e. The van der Waals surface area contributed by atoms with Gasteiger partial charge >= 0.3 is 5.97 Å². The third-order valence-electron chi connectivity index (χ3n) is 3.47. The molecule has 1 aromatic heterocycles. The molecule has 0 saturated heterocycles. The van der Waals surface area contributed by atoms with Crippen LogP contribution in [0.25, 0.3) is 0 Å². The number of benzene rings is 1. The molecule has 7 nitrogen and oxygen atoms in total. The van der Waals surface area contributed by atoms with E-state index in [1.807, 2.05) is 12.1 Å². The molecule has 1 amide bonds. The van der Waals surface area contributed by atoms with E-state index in [4.69, 9.17) is 4.74 Å². The Hall–Kier alpha value is -2.70. The fraction of sp³-hybridized carbons (Fsp3) is 0.412. The summed E-state index contributed by atoms with van der Waals surface area (Å²) in [4.78, 5) is 23.3. The number of esters is 1. The van der Waals surface area contributed by atoms with Crippen molar-refractivity contribution in [3.63, 3.8) is 0 Å². The number of aryl methyl sites for hydroxylation is 2. The van der Waals surface area contributed by atoms with E-state index in [0.717, 1.165) is 12.0 Å². The van der Waals surface area contributed by atoms with Gasteiger partial charge in [0.2, 0.25) is 5.91 Å². The number of amides is 1. The Kier molecular flexibility index (Phi) is 6.48. The number of nitrogens with one attached hydrogen (secondary N) is 1. The van der Waals surface area contributed by atoms with E-state index in [1.54, 1.807) is 6.92 Å². The number of anilines is 1. The summed E-state index contributed by atoms with van der Waals surface area (Å²) in [5.41, 5.74) is 2.40. The second-order valence-electron chi connectivity index (χ2n) is 5.32. The molecule has 0 radical (unpaired) electrons. The highest BCUT2D eigenvalue weighted by Gasteiger charge is 2.09. The van der Waals surface area contributed by atoms with Gasteiger partial charge in [-0.1, -0.05) is 36.4 Å². The minimum atomic E-state index is -0.393. The van der Waals surface area contributed by atoms with E-state index < -0.39 is 5.97 Å². The van der Waals surface area contributed by atoms with Crippen LogP contribution in [0.15, 0.2) is 30.5 Å². The van der Waals surface area contributed by atoms with Crippen LogP contribution < -0.4 is 5.32 Å². The predicted molar refractivity (Wildman–Crippen MR) is 89.4 cm³/mol. The molecular weight excluding hydrogens is 308 g/mol. The smallest absolute Gasteiger partial charge is 0.327 e. The highest BCUT2D eigenvalue weighted by atomic mass is 16.5. The van der Waals surface area contributed by atoms with E-state index >= 15 is 0 Å². The summed E-state index contributed by atoms with van der Waals surface area (Å²) in [5, 5.41) is 10.3. The first-order valence-electron chi connectivity index (χ1n) is 8.04. The van der Waals surface area contributed by atoms with Gasteiger partial charge in [0.05, 0.1) is 12.8 Å². The van der Waals surface area contributed by atoms with Gasteiger partial charge < -0.3 is 10.1 Å². The number of aromatic nitrogens is 3. The van der Waals surface area contributed by atoms with Crippen LogP contribution in [0.5, 0.6) is 0 Å². The molecule has 0 fully saturated rings. The predicted octanol–water partition coefficient (Wildman–Crippen LogP) is 1.97. The first-order valence-corrected chi connectivity index (χ1v) is 8.04. The molecule has 0 saturated carbocycles. The quantitative estimate of drug-likeness (QED) is 0.748. The minimum Gasteiger partial charge on any atom is -0.465 e. The van der Waals surface area contributed by atoms with Crippen molar-refractivity contribution in [2.45, 2.75) is 39.7 Å². The molecular formula is C17H22N4O3. The highest BCUT2D eigenvalue weighted by molar-refractivity contribution is 5.89. The molecule has 0 spiro atoms. The third kappa shape index (κ3) is 5.49. The van der Waals surface area contributed by atoms with Crippen molar-refractivity contribution in [3.8, 4) is 0 Å². The van der Waals surface area contributed by atoms with Crippen LogP contribution in [-0.4, -0.2) is 33.5 Å². The van der Waals surface area contributed by atoms with Gasteiger partial charge in [0.15, 0.2) is 5.82 Å². The first kappa shape index (κ1) is 17.7. The topological polar surface area (TPSA) is 86.1 Å². The van der Waals surface area contributed by atoms with E-state index in [9.17, 15) is 9.59 Å². The molecule has 0 aliphatic heterocycles. The molecule has 2 rings (SSSR count). The standard InChI is InChI=1S/C17H22N4O3/c1-3-13-5-7-14(8-6-13)9-10-16(22)18-15-11-21(20-19-15)12-17(23)24-4-2/h5-8,11H,3-4,9-10,12H2,1-2H3,(H,18,22). The normalized spacial score (nSPS) is 10.4. The summed E-state index contributed by atoms with van der Waals surface area (Å²) in [6.07, 6.45) is 3.52. The molecule has 1 N–H and O–H groups in total. The molecule has 2 aromatic rings. The fourth-order valence-electron chi connectivity index (χ4n) is 2.18. The second kappa shape index (κ2) is 8.81. The summed E-state index contributed by atoms with van der Waals surface area (Å²) >= 11 is 0. The van der Waals surface area contributed by atoms with Gasteiger partial charge in [-0.2, -0.15) is 0 Å². The maximum Gasteiger partial charge on any atom is 0.327 e. The number of ether oxygens (including phenoxy) is 1. The van der Waals surface area contributed by atoms with Crippen LogP contribution in [0.1, 0.15) is 31.4 Å². The number of hydrogen-bond donors (Lipinski definition) is 1. The average Bonchev–Trinajstić information content (AvgIpc) is 3.00. The van der Waals surface area contributed by atoms with Crippen molar-refractivity contribution in [2.75, 3.05) is 11.9 Å². The van der Waals surface area contributed by atoms with E-state index in [1.165, 1.54) is 16.4 Å². The van der Waals surface area contributed by atoms with Crippen molar-refractivity contribution in [2.24, 2.45) is 0 Å². The Morgan fingerprint density at radius 2 is 1.88 bits per heavy atom. The average molecular weight is 330 g/mol. The van der Waals surface area contributed by atoms with Crippen LogP contribution in [0.4, 0.5) is 5.82 Å². The summed E-state index contributed by atoms with van der Waals surface area (Å²) < 4.78 is 6.16. The SMILES string of the molecule is CCOC(=O)Cn1cc(NC(=O)CCc2ccc(CC)cc2)nn1. The zero-order chi connectivity index (χ0) is 17.4. The Morgan fingerprint density at radius 3 is 2.54 bits per heavy atom. The maximum atomic E-state index is 12.0. The molecule has 24 heavy (non-hydrogen) atoms. The van der Waals surface area contributed by atoms with Gasteiger partial charge in [-0.05, 0) is 30.9 Å². The van der Waals surface area contributed by atoms with Gasteiger partial charge in [0.1, 0.15) is 6.54 Å². The lowest BCUT2D eigenvalue weighted by Gasteiger charge is -2.03. The monoisotopic (exact) mass is 330 g/mol. The molecule has 0 aliphatic rings. The Balaban J connectivity index is 1.79. The van der Waals surface area contributed by atoms with Gasteiger partial charge in [0, 0.05) is 6.42 Å². The number of hydrogen-bond acceptors (Lipinski definition) is 5. The van der Waals surface area contributed by atoms with Crippen LogP contribution in [0, 0.1) is 0 Å². The lowest BCUT2D eigenvalue weighted by molar-refractivity contribution is -0.144. The molecule has 0 aliphatic carbocycles. The Morgan fingerprint density at radius 1 is 1.17 bits per heavy atom. The van der Waals surface area contributed by atoms with Crippen molar-refractivity contribution in [3.05, 3.63) is 41.6 Å². The zero-order valence-electron chi connectivity index (χ0n) is 14.0. The van der Waals surface area contributed by atoms with E-state index in [0.29, 0.717) is 25.3 Å². The number of nitrogens with zero attached hydrogens (tertiary/aromatic N) is 3. The summed E-state index contributed by atoms with van der Waals surface area (Å²) in [6.45, 7) is 4.13. The fourth-order valence-corrected chi connectivity index (χ4v) is 2.18. The third-order valence-corrected chi connectivity index (χ3v) is 3.47. The molecule has 7 heteroatoms. The van der Waals surface area contributed by atoms with Gasteiger partial charge in [-0.25, -0.2) is 4.68 Å². The van der Waals surface area contributed by atoms with E-state index in [-0.39, 0.29) is 12.5 Å². The maximum absolute atomic E-state index is 12.0. The molecule has 128 valence electrons. The number of carbonyl (C=O) groups is 2. The van der Waals surface area contributed by atoms with Crippen molar-refractivity contribution >= 4 is 17.7 Å². The van der Waals surface area contributed by atoms with E-state index in [2.05, 4.69) is 34.7 Å². The van der Waals surface area contributed by atoms with Crippen molar-refractivity contribution < 1.29 is 14.3 Å². The van der Waals surface area contributed by atoms with Crippen LogP contribution in [-0.2, 0) is 33.7 Å². The van der Waals surface area contributed by atoms with Gasteiger partial charge in [-0.15, -0.1) is 5.10 Å². The molecule has 0 atom stereocenters. The van der Waals surface area contributed by atoms with Crippen molar-refractivity contribution in [1.82, 2.24) is 15.0 Å². The zero-order valence-corrected chi connectivity index (χ0v) is 14.0. The second-order valence-corrected chi connectivity index (χ2v) is 5.32. The molecule has 1 heterocycles. The summed E-state index contributed by atoms with van der Waals surface area (Å²) in [6, 6.07) is 8.24. The lowest BCUT2D eigenvalue weighted by Crippen LogP contribution is -2.14. The Bertz CT molecular complexity index is 679. The van der Waals surface area contributed by atoms with Gasteiger partial charge in [-0.3, -0.25) is 9.59 Å². The van der Waals surface area contributed by atoms with Crippen molar-refractivity contribution in [1.29, 1.82) is 0 Å². The summed E-state index contributed by atoms with van der Waals surface area (Å²) in [5.74, 6) is -0.209. The molecule has 0 unspecified atom stereocenters. The number of rotatable bonds is 8. The van der Waals surface area contributed by atoms with Crippen LogP contribution >= 0.6 is 0 Å². The van der Waals surface area contributed by atoms with Crippen LogP contribution in [0.2, 0.25) is 0 Å². The van der Waals surface area contributed by atoms with Crippen LogP contribution in [0.3, 0.4) is 0 Å². The lowest BCUT2D eigenvalue weighted by atomic mass is 10.1.